The standard InChI is InChI=1S/C32H37N5O6S/c1-18(2)44(40,41)29-13-9-21(33)16-24(29)26-7-6-14-37(26)32(39)30(20-8-12-27(42-4)28(15-20)43-5)36-22-10-11-25-23(17-22)31(38)35-19(3)34-25/h8-13,15-18,26,30,36H,6-7,14,33H2,1-5H3,(H,34,35,38)/t26-,30?/m1/s1. The van der Waals surface area contributed by atoms with Gasteiger partial charge < -0.3 is 30.4 Å². The Labute approximate surface area is 256 Å². The molecule has 232 valence electrons. The Kier molecular flexibility index (Phi) is 8.55. The highest BCUT2D eigenvalue weighted by Gasteiger charge is 2.38. The van der Waals surface area contributed by atoms with Gasteiger partial charge in [-0.15, -0.1) is 0 Å². The summed E-state index contributed by atoms with van der Waals surface area (Å²) in [6.45, 7) is 5.40. The second-order valence-electron chi connectivity index (χ2n) is 11.2. The lowest BCUT2D eigenvalue weighted by molar-refractivity contribution is -0.133. The fraction of sp³-hybridized carbons (Fsp3) is 0.344. The van der Waals surface area contributed by atoms with Gasteiger partial charge in [0.05, 0.1) is 41.3 Å². The van der Waals surface area contributed by atoms with Gasteiger partial charge in [0.2, 0.25) is 5.91 Å². The van der Waals surface area contributed by atoms with Crippen molar-refractivity contribution in [3.63, 3.8) is 0 Å². The molecule has 3 aromatic carbocycles. The van der Waals surface area contributed by atoms with Crippen LogP contribution in [0.2, 0.25) is 0 Å². The summed E-state index contributed by atoms with van der Waals surface area (Å²) in [6.07, 6.45) is 1.26. The third kappa shape index (κ3) is 5.81. The number of aromatic amines is 1. The summed E-state index contributed by atoms with van der Waals surface area (Å²) in [5, 5.41) is 3.06. The van der Waals surface area contributed by atoms with E-state index in [1.165, 1.54) is 20.3 Å². The van der Waals surface area contributed by atoms with Gasteiger partial charge in [-0.25, -0.2) is 13.4 Å². The molecule has 4 N–H and O–H groups in total. The number of amides is 1. The lowest BCUT2D eigenvalue weighted by atomic mass is 10.0. The highest BCUT2D eigenvalue weighted by molar-refractivity contribution is 7.92. The number of hydrogen-bond acceptors (Lipinski definition) is 9. The van der Waals surface area contributed by atoms with Crippen molar-refractivity contribution in [1.29, 1.82) is 0 Å². The molecule has 4 aromatic rings. The monoisotopic (exact) mass is 619 g/mol. The van der Waals surface area contributed by atoms with Crippen molar-refractivity contribution in [1.82, 2.24) is 14.9 Å². The van der Waals surface area contributed by atoms with Crippen molar-refractivity contribution in [3.8, 4) is 11.5 Å². The highest BCUT2D eigenvalue weighted by atomic mass is 32.2. The van der Waals surface area contributed by atoms with Crippen molar-refractivity contribution in [3.05, 3.63) is 81.9 Å². The summed E-state index contributed by atoms with van der Waals surface area (Å²) in [5.41, 5.74) is 8.45. The van der Waals surface area contributed by atoms with E-state index in [-0.39, 0.29) is 16.4 Å². The zero-order valence-corrected chi connectivity index (χ0v) is 26.2. The maximum absolute atomic E-state index is 14.6. The molecule has 1 saturated heterocycles. The summed E-state index contributed by atoms with van der Waals surface area (Å²) in [7, 11) is -0.606. The van der Waals surface area contributed by atoms with E-state index in [0.29, 0.717) is 70.1 Å². The zero-order valence-electron chi connectivity index (χ0n) is 25.4. The highest BCUT2D eigenvalue weighted by Crippen LogP contribution is 2.40. The number of nitrogens with zero attached hydrogens (tertiary/aromatic N) is 2. The summed E-state index contributed by atoms with van der Waals surface area (Å²) >= 11 is 0. The molecule has 2 atom stereocenters. The first-order valence-electron chi connectivity index (χ1n) is 14.4. The van der Waals surface area contributed by atoms with E-state index in [0.717, 1.165) is 0 Å². The van der Waals surface area contributed by atoms with Crippen LogP contribution in [-0.4, -0.2) is 55.2 Å². The number of likely N-dealkylation sites (tertiary alicyclic amines) is 1. The first kappa shape index (κ1) is 30.9. The first-order chi connectivity index (χ1) is 20.9. The van der Waals surface area contributed by atoms with Crippen molar-refractivity contribution in [2.75, 3.05) is 31.8 Å². The number of aromatic nitrogens is 2. The number of aryl methyl sites for hydroxylation is 1. The minimum Gasteiger partial charge on any atom is -0.493 e. The van der Waals surface area contributed by atoms with Crippen LogP contribution in [0.4, 0.5) is 11.4 Å². The van der Waals surface area contributed by atoms with Gasteiger partial charge >= 0.3 is 0 Å². The molecule has 1 unspecified atom stereocenters. The Morgan fingerprint density at radius 2 is 1.82 bits per heavy atom. The Bertz CT molecular complexity index is 1890. The lowest BCUT2D eigenvalue weighted by Crippen LogP contribution is -2.38. The Balaban J connectivity index is 1.60. The molecule has 1 amide bonds. The Morgan fingerprint density at radius 1 is 1.07 bits per heavy atom. The van der Waals surface area contributed by atoms with Gasteiger partial charge in [-0.05, 0) is 93.3 Å². The van der Waals surface area contributed by atoms with E-state index in [4.69, 9.17) is 15.2 Å². The van der Waals surface area contributed by atoms with Crippen LogP contribution in [0.1, 0.15) is 55.7 Å². The number of benzene rings is 3. The average molecular weight is 620 g/mol. The SMILES string of the molecule is COc1ccc(C(Nc2ccc3nc(C)[nH]c(=O)c3c2)C(=O)N2CCC[C@@H]2c2cc(N)ccc2S(=O)(=O)C(C)C)cc1OC. The quantitative estimate of drug-likeness (QED) is 0.229. The molecular weight excluding hydrogens is 582 g/mol. The fourth-order valence-electron chi connectivity index (χ4n) is 5.69. The average Bonchev–Trinajstić information content (AvgIpc) is 3.49. The second-order valence-corrected chi connectivity index (χ2v) is 13.6. The number of hydrogen-bond donors (Lipinski definition) is 3. The second kappa shape index (κ2) is 12.2. The number of nitrogens with two attached hydrogens (primary N) is 1. The molecule has 1 aliphatic heterocycles. The molecule has 5 rings (SSSR count). The number of carbonyl (C=O) groups excluding carboxylic acids is 1. The van der Waals surface area contributed by atoms with Crippen LogP contribution in [-0.2, 0) is 14.6 Å². The molecule has 0 aliphatic carbocycles. The summed E-state index contributed by atoms with van der Waals surface area (Å²) < 4.78 is 37.7. The number of H-pyrrole nitrogens is 1. The van der Waals surface area contributed by atoms with Gasteiger partial charge in [-0.1, -0.05) is 6.07 Å². The minimum atomic E-state index is -3.65. The fourth-order valence-corrected chi connectivity index (χ4v) is 6.98. The van der Waals surface area contributed by atoms with Crippen LogP contribution in [0, 0.1) is 6.92 Å². The minimum absolute atomic E-state index is 0.179. The van der Waals surface area contributed by atoms with E-state index in [9.17, 15) is 18.0 Å². The Morgan fingerprint density at radius 3 is 2.52 bits per heavy atom. The van der Waals surface area contributed by atoms with E-state index in [2.05, 4.69) is 15.3 Å². The molecule has 2 heterocycles. The molecule has 12 heteroatoms. The normalized spacial score (nSPS) is 15.9. The number of ether oxygens (including phenoxy) is 2. The molecule has 1 fully saturated rings. The first-order valence-corrected chi connectivity index (χ1v) is 15.9. The van der Waals surface area contributed by atoms with Crippen LogP contribution in [0.25, 0.3) is 10.9 Å². The van der Waals surface area contributed by atoms with Crippen molar-refractivity contribution in [2.24, 2.45) is 0 Å². The molecule has 0 spiro atoms. The molecule has 0 saturated carbocycles. The van der Waals surface area contributed by atoms with Crippen molar-refractivity contribution in [2.45, 2.75) is 55.8 Å². The summed E-state index contributed by atoms with van der Waals surface area (Å²) in [5.74, 6) is 1.18. The van der Waals surface area contributed by atoms with E-state index in [1.54, 1.807) is 74.2 Å². The topological polar surface area (TPSA) is 157 Å². The third-order valence-corrected chi connectivity index (χ3v) is 10.2. The van der Waals surface area contributed by atoms with Gasteiger partial charge in [-0.3, -0.25) is 9.59 Å². The molecular formula is C32H37N5O6S. The number of anilines is 2. The maximum Gasteiger partial charge on any atom is 0.258 e. The van der Waals surface area contributed by atoms with E-state index < -0.39 is 27.2 Å². The third-order valence-electron chi connectivity index (χ3n) is 7.98. The van der Waals surface area contributed by atoms with Gasteiger partial charge in [0, 0.05) is 17.9 Å². The van der Waals surface area contributed by atoms with Gasteiger partial charge in [-0.2, -0.15) is 0 Å². The number of nitrogens with one attached hydrogen (secondary N) is 2. The van der Waals surface area contributed by atoms with Crippen molar-refractivity contribution >= 4 is 38.0 Å². The molecule has 11 nitrogen and oxygen atoms in total. The smallest absolute Gasteiger partial charge is 0.258 e. The van der Waals surface area contributed by atoms with Crippen LogP contribution in [0.5, 0.6) is 11.5 Å². The van der Waals surface area contributed by atoms with Gasteiger partial charge in [0.1, 0.15) is 11.9 Å². The van der Waals surface area contributed by atoms with Gasteiger partial charge in [0.25, 0.3) is 5.56 Å². The van der Waals surface area contributed by atoms with Crippen LogP contribution in [0.15, 0.2) is 64.3 Å². The predicted molar refractivity (Wildman–Crippen MR) is 170 cm³/mol. The summed E-state index contributed by atoms with van der Waals surface area (Å²) in [6, 6.07) is 13.7. The lowest BCUT2D eigenvalue weighted by Gasteiger charge is -2.31. The van der Waals surface area contributed by atoms with Crippen LogP contribution < -0.4 is 26.1 Å². The Hall–Kier alpha value is -4.58. The molecule has 1 aromatic heterocycles. The van der Waals surface area contributed by atoms with E-state index >= 15 is 0 Å². The van der Waals surface area contributed by atoms with Gasteiger partial charge in [0.15, 0.2) is 21.3 Å². The number of rotatable bonds is 9. The van der Waals surface area contributed by atoms with E-state index in [1.807, 2.05) is 0 Å². The number of methoxy groups -OCH3 is 2. The zero-order chi connectivity index (χ0) is 31.8. The number of nitrogen functional groups attached to an aromatic ring is 1. The summed E-state index contributed by atoms with van der Waals surface area (Å²) in [4.78, 5) is 36.3. The predicted octanol–water partition coefficient (Wildman–Crippen LogP) is 4.53. The maximum atomic E-state index is 14.6. The van der Waals surface area contributed by atoms with Crippen LogP contribution in [0.3, 0.4) is 0 Å². The largest absolute Gasteiger partial charge is 0.493 e. The molecule has 0 radical (unpaired) electrons. The number of fused-ring (bicyclic) bond motifs is 1. The number of sulfone groups is 1. The van der Waals surface area contributed by atoms with Crippen LogP contribution >= 0.6 is 0 Å². The van der Waals surface area contributed by atoms with Crippen molar-refractivity contribution < 1.29 is 22.7 Å². The molecule has 1 aliphatic rings. The molecule has 44 heavy (non-hydrogen) atoms. The number of carbonyl (C=O) groups is 1. The molecule has 0 bridgehead atoms.